The molecule has 1 fully saturated rings. The van der Waals surface area contributed by atoms with Crippen molar-refractivity contribution in [3.05, 3.63) is 23.3 Å². The van der Waals surface area contributed by atoms with Gasteiger partial charge in [0.15, 0.2) is 0 Å². The summed E-state index contributed by atoms with van der Waals surface area (Å²) in [7, 11) is 0. The van der Waals surface area contributed by atoms with Gasteiger partial charge in [-0.2, -0.15) is 0 Å². The Hall–Kier alpha value is -1.84. The molecule has 1 heterocycles. The van der Waals surface area contributed by atoms with Crippen LogP contribution in [-0.2, 0) is 9.59 Å². The number of nitrogens with two attached hydrogens (primary N) is 1. The lowest BCUT2D eigenvalue weighted by Gasteiger charge is -2.26. The molecule has 1 aliphatic heterocycles. The van der Waals surface area contributed by atoms with Crippen molar-refractivity contribution in [2.45, 2.75) is 41.0 Å². The van der Waals surface area contributed by atoms with Crippen LogP contribution in [0.15, 0.2) is 12.1 Å². The Morgan fingerprint density at radius 2 is 1.75 bits per heavy atom. The molecule has 0 aromatic heterocycles. The second-order valence-electron chi connectivity index (χ2n) is 6.28. The molecule has 20 heavy (non-hydrogen) atoms. The lowest BCUT2D eigenvalue weighted by molar-refractivity contribution is -0.126. The molecule has 0 saturated carbocycles. The topological polar surface area (TPSA) is 63.4 Å². The van der Waals surface area contributed by atoms with Gasteiger partial charge in [-0.3, -0.25) is 9.59 Å². The highest BCUT2D eigenvalue weighted by Crippen LogP contribution is 2.42. The van der Waals surface area contributed by atoms with Crippen LogP contribution in [0.2, 0.25) is 0 Å². The van der Waals surface area contributed by atoms with Crippen LogP contribution in [0.25, 0.3) is 0 Å². The summed E-state index contributed by atoms with van der Waals surface area (Å²) >= 11 is 0. The molecule has 0 bridgehead atoms. The minimum absolute atomic E-state index is 0.108. The number of hydrogen-bond acceptors (Lipinski definition) is 3. The van der Waals surface area contributed by atoms with E-state index in [0.29, 0.717) is 11.4 Å². The fraction of sp³-hybridized carbons (Fsp3) is 0.500. The Morgan fingerprint density at radius 1 is 1.20 bits per heavy atom. The third-order valence-corrected chi connectivity index (χ3v) is 4.62. The van der Waals surface area contributed by atoms with Gasteiger partial charge in [0.05, 0.1) is 16.8 Å². The number of nitrogens with zero attached hydrogens (tertiary/aromatic N) is 1. The first-order chi connectivity index (χ1) is 9.18. The Labute approximate surface area is 119 Å². The van der Waals surface area contributed by atoms with Gasteiger partial charge >= 0.3 is 0 Å². The average molecular weight is 274 g/mol. The molecule has 108 valence electrons. The predicted molar refractivity (Wildman–Crippen MR) is 80.4 cm³/mol. The van der Waals surface area contributed by atoms with E-state index in [1.807, 2.05) is 46.8 Å². The van der Waals surface area contributed by atoms with E-state index in [0.717, 1.165) is 11.1 Å². The number of nitrogen functional groups attached to an aromatic ring is 1. The molecular weight excluding hydrogens is 252 g/mol. The minimum Gasteiger partial charge on any atom is -0.397 e. The van der Waals surface area contributed by atoms with Crippen LogP contribution in [0.3, 0.4) is 0 Å². The molecule has 1 aliphatic rings. The van der Waals surface area contributed by atoms with Crippen LogP contribution in [-0.4, -0.2) is 11.8 Å². The van der Waals surface area contributed by atoms with E-state index in [1.165, 1.54) is 4.90 Å². The molecule has 4 heteroatoms. The number of carbonyl (C=O) groups is 2. The normalized spacial score (nSPS) is 23.0. The van der Waals surface area contributed by atoms with Crippen molar-refractivity contribution in [2.75, 3.05) is 10.6 Å². The van der Waals surface area contributed by atoms with Crippen molar-refractivity contribution in [2.24, 2.45) is 11.3 Å². The second kappa shape index (κ2) is 4.62. The first-order valence-corrected chi connectivity index (χ1v) is 6.92. The molecule has 0 aliphatic carbocycles. The van der Waals surface area contributed by atoms with Crippen molar-refractivity contribution in [1.29, 1.82) is 0 Å². The third kappa shape index (κ3) is 1.99. The monoisotopic (exact) mass is 274 g/mol. The van der Waals surface area contributed by atoms with E-state index in [9.17, 15) is 9.59 Å². The minimum atomic E-state index is -0.637. The number of anilines is 2. The summed E-state index contributed by atoms with van der Waals surface area (Å²) in [6, 6.07) is 3.64. The maximum atomic E-state index is 12.7. The Morgan fingerprint density at radius 3 is 2.25 bits per heavy atom. The maximum absolute atomic E-state index is 12.7. The number of benzene rings is 1. The average Bonchev–Trinajstić information content (AvgIpc) is 2.57. The van der Waals surface area contributed by atoms with Crippen molar-refractivity contribution < 1.29 is 9.59 Å². The molecule has 2 amide bonds. The highest BCUT2D eigenvalue weighted by Gasteiger charge is 2.50. The lowest BCUT2D eigenvalue weighted by atomic mass is 9.78. The lowest BCUT2D eigenvalue weighted by Crippen LogP contribution is -2.37. The first kappa shape index (κ1) is 14.6. The number of carbonyl (C=O) groups excluding carboxylic acids is 2. The van der Waals surface area contributed by atoms with Crippen LogP contribution in [0, 0.1) is 25.2 Å². The number of imide groups is 1. The number of aryl methyl sites for hydroxylation is 2. The van der Waals surface area contributed by atoms with Crippen LogP contribution < -0.4 is 10.6 Å². The van der Waals surface area contributed by atoms with Crippen LogP contribution in [0.5, 0.6) is 0 Å². The molecule has 1 unspecified atom stereocenters. The van der Waals surface area contributed by atoms with Gasteiger partial charge in [0.25, 0.3) is 0 Å². The molecule has 1 atom stereocenters. The van der Waals surface area contributed by atoms with Gasteiger partial charge in [-0.15, -0.1) is 0 Å². The van der Waals surface area contributed by atoms with E-state index in [4.69, 9.17) is 5.73 Å². The SMILES string of the molecule is Cc1cc(N)c(N2C(=O)CC(C)(C(C)C)C2=O)cc1C. The Kier molecular flexibility index (Phi) is 3.36. The highest BCUT2D eigenvalue weighted by atomic mass is 16.2. The van der Waals surface area contributed by atoms with E-state index < -0.39 is 5.41 Å². The number of hydrogen-bond donors (Lipinski definition) is 1. The molecule has 2 rings (SSSR count). The smallest absolute Gasteiger partial charge is 0.240 e. The summed E-state index contributed by atoms with van der Waals surface area (Å²) in [6.07, 6.45) is 0.246. The van der Waals surface area contributed by atoms with Crippen molar-refractivity contribution in [1.82, 2.24) is 0 Å². The van der Waals surface area contributed by atoms with E-state index in [2.05, 4.69) is 0 Å². The number of rotatable bonds is 2. The first-order valence-electron chi connectivity index (χ1n) is 6.92. The van der Waals surface area contributed by atoms with Gasteiger partial charge in [0, 0.05) is 6.42 Å². The van der Waals surface area contributed by atoms with Crippen LogP contribution in [0.1, 0.15) is 38.3 Å². The van der Waals surface area contributed by atoms with Crippen LogP contribution in [0.4, 0.5) is 11.4 Å². The van der Waals surface area contributed by atoms with Gasteiger partial charge in [0.2, 0.25) is 11.8 Å². The van der Waals surface area contributed by atoms with Crippen LogP contribution >= 0.6 is 0 Å². The summed E-state index contributed by atoms with van der Waals surface area (Å²) in [5, 5.41) is 0. The molecule has 1 aromatic rings. The molecule has 0 radical (unpaired) electrons. The third-order valence-electron chi connectivity index (χ3n) is 4.62. The Bertz CT molecular complexity index is 592. The quantitative estimate of drug-likeness (QED) is 0.666. The van der Waals surface area contributed by atoms with E-state index in [1.54, 1.807) is 0 Å². The van der Waals surface area contributed by atoms with Gasteiger partial charge in [-0.05, 0) is 49.9 Å². The van der Waals surface area contributed by atoms with Gasteiger partial charge in [-0.25, -0.2) is 4.90 Å². The zero-order chi connectivity index (χ0) is 15.2. The second-order valence-corrected chi connectivity index (χ2v) is 6.28. The maximum Gasteiger partial charge on any atom is 0.240 e. The number of amides is 2. The molecule has 4 nitrogen and oxygen atoms in total. The molecule has 1 saturated heterocycles. The summed E-state index contributed by atoms with van der Waals surface area (Å²) in [4.78, 5) is 26.2. The fourth-order valence-electron chi connectivity index (χ4n) is 2.55. The highest BCUT2D eigenvalue weighted by molar-refractivity contribution is 6.23. The Balaban J connectivity index is 2.52. The van der Waals surface area contributed by atoms with Crippen molar-refractivity contribution in [3.8, 4) is 0 Å². The van der Waals surface area contributed by atoms with Crippen molar-refractivity contribution in [3.63, 3.8) is 0 Å². The molecule has 2 N–H and O–H groups in total. The fourth-order valence-corrected chi connectivity index (χ4v) is 2.55. The molecule has 1 aromatic carbocycles. The summed E-state index contributed by atoms with van der Waals surface area (Å²) in [6.45, 7) is 9.71. The van der Waals surface area contributed by atoms with Gasteiger partial charge in [-0.1, -0.05) is 13.8 Å². The predicted octanol–water partition coefficient (Wildman–Crippen LogP) is 2.81. The summed E-state index contributed by atoms with van der Waals surface area (Å²) in [5.41, 5.74) is 8.45. The largest absolute Gasteiger partial charge is 0.397 e. The molecule has 0 spiro atoms. The van der Waals surface area contributed by atoms with E-state index in [-0.39, 0.29) is 24.2 Å². The zero-order valence-electron chi connectivity index (χ0n) is 12.8. The zero-order valence-corrected chi connectivity index (χ0v) is 12.8. The van der Waals surface area contributed by atoms with E-state index >= 15 is 0 Å². The van der Waals surface area contributed by atoms with Crippen molar-refractivity contribution >= 4 is 23.2 Å². The van der Waals surface area contributed by atoms with Gasteiger partial charge in [0.1, 0.15) is 0 Å². The summed E-state index contributed by atoms with van der Waals surface area (Å²) < 4.78 is 0. The van der Waals surface area contributed by atoms with Gasteiger partial charge < -0.3 is 5.73 Å². The standard InChI is InChI=1S/C16H22N2O2/c1-9(2)16(5)8-14(19)18(15(16)20)13-7-11(4)10(3)6-12(13)17/h6-7,9H,8,17H2,1-5H3. The summed E-state index contributed by atoms with van der Waals surface area (Å²) in [5.74, 6) is -0.203. The molecular formula is C16H22N2O2.